The van der Waals surface area contributed by atoms with Gasteiger partial charge in [0.2, 0.25) is 5.91 Å². The first-order valence-electron chi connectivity index (χ1n) is 7.92. The first-order valence-corrected chi connectivity index (χ1v) is 7.92. The molecule has 1 heterocycles. The number of hydrogen-bond acceptors (Lipinski definition) is 3. The Labute approximate surface area is 126 Å². The fourth-order valence-electron chi connectivity index (χ4n) is 3.56. The van der Waals surface area contributed by atoms with Crippen LogP contribution in [0.2, 0.25) is 0 Å². The van der Waals surface area contributed by atoms with Crippen molar-refractivity contribution in [3.05, 3.63) is 35.4 Å². The number of aliphatic hydroxyl groups excluding tert-OH is 1. The number of carbonyl (C=O) groups excluding carboxylic acids is 1. The third-order valence-electron chi connectivity index (χ3n) is 4.64. The van der Waals surface area contributed by atoms with Crippen LogP contribution < -0.4 is 0 Å². The van der Waals surface area contributed by atoms with Crippen LogP contribution in [0.25, 0.3) is 0 Å². The summed E-state index contributed by atoms with van der Waals surface area (Å²) >= 11 is 0. The molecule has 114 valence electrons. The SMILES string of the molecule is C[C@@H](O)CN1CCN(C(=O)[C@@H]2CCc3ccccc32)CC1. The minimum absolute atomic E-state index is 0.0597. The zero-order valence-corrected chi connectivity index (χ0v) is 12.7. The molecule has 1 saturated heterocycles. The van der Waals surface area contributed by atoms with Crippen molar-refractivity contribution in [2.75, 3.05) is 32.7 Å². The molecule has 0 unspecified atom stereocenters. The maximum absolute atomic E-state index is 12.8. The maximum atomic E-state index is 12.8. The summed E-state index contributed by atoms with van der Waals surface area (Å²) in [5, 5.41) is 9.44. The Kier molecular flexibility index (Phi) is 4.27. The van der Waals surface area contributed by atoms with Crippen molar-refractivity contribution in [2.45, 2.75) is 31.8 Å². The van der Waals surface area contributed by atoms with Gasteiger partial charge in [-0.05, 0) is 30.9 Å². The molecule has 1 N–H and O–H groups in total. The highest BCUT2D eigenvalue weighted by Gasteiger charge is 2.32. The Morgan fingerprint density at radius 1 is 1.29 bits per heavy atom. The van der Waals surface area contributed by atoms with Crippen LogP contribution in [0, 0.1) is 0 Å². The van der Waals surface area contributed by atoms with Crippen LogP contribution in [0.4, 0.5) is 0 Å². The number of hydrogen-bond donors (Lipinski definition) is 1. The summed E-state index contributed by atoms with van der Waals surface area (Å²) in [6.45, 7) is 5.81. The van der Waals surface area contributed by atoms with E-state index >= 15 is 0 Å². The number of amides is 1. The van der Waals surface area contributed by atoms with Gasteiger partial charge in [-0.3, -0.25) is 9.69 Å². The molecular weight excluding hydrogens is 264 g/mol. The minimum Gasteiger partial charge on any atom is -0.392 e. The average molecular weight is 288 g/mol. The maximum Gasteiger partial charge on any atom is 0.230 e. The molecule has 1 aliphatic carbocycles. The van der Waals surface area contributed by atoms with Crippen molar-refractivity contribution in [3.8, 4) is 0 Å². The summed E-state index contributed by atoms with van der Waals surface area (Å²) in [6, 6.07) is 8.34. The lowest BCUT2D eigenvalue weighted by Crippen LogP contribution is -2.51. The smallest absolute Gasteiger partial charge is 0.230 e. The molecule has 0 bridgehead atoms. The molecule has 0 aromatic heterocycles. The molecule has 4 nitrogen and oxygen atoms in total. The summed E-state index contributed by atoms with van der Waals surface area (Å²) < 4.78 is 0. The van der Waals surface area contributed by atoms with Gasteiger partial charge in [-0.1, -0.05) is 24.3 Å². The number of piperazine rings is 1. The molecule has 1 fully saturated rings. The number of carbonyl (C=O) groups is 1. The lowest BCUT2D eigenvalue weighted by Gasteiger charge is -2.36. The van der Waals surface area contributed by atoms with Crippen molar-refractivity contribution in [3.63, 3.8) is 0 Å². The number of aryl methyl sites for hydroxylation is 1. The molecule has 1 amide bonds. The first-order chi connectivity index (χ1) is 10.1. The van der Waals surface area contributed by atoms with Gasteiger partial charge in [0, 0.05) is 32.7 Å². The molecule has 4 heteroatoms. The Hall–Kier alpha value is -1.39. The zero-order chi connectivity index (χ0) is 14.8. The van der Waals surface area contributed by atoms with Gasteiger partial charge in [0.25, 0.3) is 0 Å². The van der Waals surface area contributed by atoms with E-state index in [9.17, 15) is 9.90 Å². The van der Waals surface area contributed by atoms with Gasteiger partial charge < -0.3 is 10.0 Å². The summed E-state index contributed by atoms with van der Waals surface area (Å²) in [5.74, 6) is 0.348. The van der Waals surface area contributed by atoms with Crippen LogP contribution in [-0.4, -0.2) is 59.6 Å². The van der Waals surface area contributed by atoms with Gasteiger partial charge >= 0.3 is 0 Å². The van der Waals surface area contributed by atoms with E-state index in [0.29, 0.717) is 6.54 Å². The average Bonchev–Trinajstić information content (AvgIpc) is 2.90. The number of fused-ring (bicyclic) bond motifs is 1. The number of aliphatic hydroxyl groups is 1. The highest BCUT2D eigenvalue weighted by Crippen LogP contribution is 2.34. The van der Waals surface area contributed by atoms with Crippen LogP contribution in [0.5, 0.6) is 0 Å². The van der Waals surface area contributed by atoms with Gasteiger partial charge in [-0.2, -0.15) is 0 Å². The van der Waals surface area contributed by atoms with Crippen LogP contribution in [0.3, 0.4) is 0 Å². The molecule has 21 heavy (non-hydrogen) atoms. The van der Waals surface area contributed by atoms with E-state index in [1.807, 2.05) is 17.9 Å². The van der Waals surface area contributed by atoms with Gasteiger partial charge in [-0.25, -0.2) is 0 Å². The van der Waals surface area contributed by atoms with Crippen molar-refractivity contribution >= 4 is 5.91 Å². The van der Waals surface area contributed by atoms with Gasteiger partial charge in [0.05, 0.1) is 12.0 Å². The van der Waals surface area contributed by atoms with E-state index in [1.54, 1.807) is 0 Å². The largest absolute Gasteiger partial charge is 0.392 e. The molecular formula is C17H24N2O2. The van der Waals surface area contributed by atoms with E-state index in [2.05, 4.69) is 23.1 Å². The summed E-state index contributed by atoms with van der Waals surface area (Å²) in [7, 11) is 0. The topological polar surface area (TPSA) is 43.8 Å². The highest BCUT2D eigenvalue weighted by atomic mass is 16.3. The lowest BCUT2D eigenvalue weighted by atomic mass is 9.99. The second-order valence-electron chi connectivity index (χ2n) is 6.26. The molecule has 1 aromatic rings. The van der Waals surface area contributed by atoms with Crippen molar-refractivity contribution in [1.82, 2.24) is 9.80 Å². The summed E-state index contributed by atoms with van der Waals surface area (Å²) in [5.41, 5.74) is 2.57. The molecule has 1 aromatic carbocycles. The molecule has 0 spiro atoms. The Balaban J connectivity index is 1.61. The van der Waals surface area contributed by atoms with Gasteiger partial charge in [0.1, 0.15) is 0 Å². The Bertz CT molecular complexity index is 507. The van der Waals surface area contributed by atoms with Crippen LogP contribution >= 0.6 is 0 Å². The Morgan fingerprint density at radius 3 is 2.71 bits per heavy atom. The minimum atomic E-state index is -0.297. The molecule has 3 rings (SSSR count). The standard InChI is InChI=1S/C17H24N2O2/c1-13(20)12-18-8-10-19(11-9-18)17(21)16-7-6-14-4-2-3-5-15(14)16/h2-5,13,16,20H,6-12H2,1H3/t13-,16-/m1/s1. The summed E-state index contributed by atoms with van der Waals surface area (Å²) in [4.78, 5) is 17.0. The fourth-order valence-corrected chi connectivity index (χ4v) is 3.56. The van der Waals surface area contributed by atoms with Crippen molar-refractivity contribution < 1.29 is 9.90 Å². The van der Waals surface area contributed by atoms with E-state index in [4.69, 9.17) is 0 Å². The van der Waals surface area contributed by atoms with Gasteiger partial charge in [0.15, 0.2) is 0 Å². The second kappa shape index (κ2) is 6.16. The molecule has 0 radical (unpaired) electrons. The highest BCUT2D eigenvalue weighted by molar-refractivity contribution is 5.85. The number of β-amino-alcohol motifs (C(OH)–C–C–N with tert-alkyl or cyclic N) is 1. The van der Waals surface area contributed by atoms with Crippen molar-refractivity contribution in [1.29, 1.82) is 0 Å². The molecule has 1 aliphatic heterocycles. The van der Waals surface area contributed by atoms with Crippen LogP contribution in [0.15, 0.2) is 24.3 Å². The van der Waals surface area contributed by atoms with Crippen molar-refractivity contribution in [2.24, 2.45) is 0 Å². The molecule has 0 saturated carbocycles. The zero-order valence-electron chi connectivity index (χ0n) is 12.7. The van der Waals surface area contributed by atoms with E-state index in [0.717, 1.165) is 39.0 Å². The lowest BCUT2D eigenvalue weighted by molar-refractivity contribution is -0.134. The second-order valence-corrected chi connectivity index (χ2v) is 6.26. The van der Waals surface area contributed by atoms with E-state index < -0.39 is 0 Å². The normalized spacial score (nSPS) is 23.9. The predicted molar refractivity (Wildman–Crippen MR) is 82.2 cm³/mol. The number of benzene rings is 1. The van der Waals surface area contributed by atoms with E-state index in [-0.39, 0.29) is 17.9 Å². The third kappa shape index (κ3) is 3.11. The number of rotatable bonds is 3. The monoisotopic (exact) mass is 288 g/mol. The van der Waals surface area contributed by atoms with Gasteiger partial charge in [-0.15, -0.1) is 0 Å². The summed E-state index contributed by atoms with van der Waals surface area (Å²) in [6.07, 6.45) is 1.68. The number of nitrogens with zero attached hydrogens (tertiary/aromatic N) is 2. The Morgan fingerprint density at radius 2 is 2.00 bits per heavy atom. The third-order valence-corrected chi connectivity index (χ3v) is 4.64. The van der Waals surface area contributed by atoms with Crippen LogP contribution in [-0.2, 0) is 11.2 Å². The van der Waals surface area contributed by atoms with E-state index in [1.165, 1.54) is 11.1 Å². The predicted octanol–water partition coefficient (Wildman–Crippen LogP) is 1.24. The first kappa shape index (κ1) is 14.5. The molecule has 2 aliphatic rings. The molecule has 2 atom stereocenters. The quantitative estimate of drug-likeness (QED) is 0.910. The van der Waals surface area contributed by atoms with Crippen LogP contribution in [0.1, 0.15) is 30.4 Å². The fraction of sp³-hybridized carbons (Fsp3) is 0.588.